The van der Waals surface area contributed by atoms with E-state index in [1.54, 1.807) is 13.3 Å². The van der Waals surface area contributed by atoms with Gasteiger partial charge in [-0.15, -0.1) is 0 Å². The fourth-order valence-corrected chi connectivity index (χ4v) is 1.95. The molecule has 19 heavy (non-hydrogen) atoms. The molecular weight excluding hydrogens is 310 g/mol. The zero-order valence-corrected chi connectivity index (χ0v) is 12.0. The first-order valence-electron chi connectivity index (χ1n) is 5.72. The molecule has 0 amide bonds. The van der Waals surface area contributed by atoms with Crippen LogP contribution in [0.3, 0.4) is 0 Å². The van der Waals surface area contributed by atoms with Crippen molar-refractivity contribution in [1.82, 2.24) is 9.97 Å². The molecule has 2 aromatic rings. The molecule has 1 aromatic carbocycles. The molecule has 0 saturated carbocycles. The van der Waals surface area contributed by atoms with Crippen molar-refractivity contribution in [2.75, 3.05) is 12.4 Å². The minimum absolute atomic E-state index is 0.0381. The molecule has 0 bridgehead atoms. The Hall–Kier alpha value is -1.66. The maximum absolute atomic E-state index is 9.08. The zero-order valence-electron chi connectivity index (χ0n) is 10.4. The Kier molecular flexibility index (Phi) is 4.70. The van der Waals surface area contributed by atoms with Crippen LogP contribution in [0.4, 0.5) is 5.95 Å². The van der Waals surface area contributed by atoms with Gasteiger partial charge in [0.1, 0.15) is 0 Å². The summed E-state index contributed by atoms with van der Waals surface area (Å²) in [5.41, 5.74) is 1.94. The van der Waals surface area contributed by atoms with Gasteiger partial charge in [-0.05, 0) is 27.1 Å². The molecular formula is C13H14BrN3O2. The molecule has 5 nitrogen and oxygen atoms in total. The van der Waals surface area contributed by atoms with Crippen LogP contribution in [0.25, 0.3) is 0 Å². The average Bonchev–Trinajstić information content (AvgIpc) is 2.46. The molecule has 6 heteroatoms. The Bertz CT molecular complexity index is 563. The van der Waals surface area contributed by atoms with Gasteiger partial charge >= 0.3 is 0 Å². The van der Waals surface area contributed by atoms with Crippen molar-refractivity contribution in [3.8, 4) is 5.88 Å². The number of benzene rings is 1. The SMILES string of the molecule is COc1nc(NCc2cccc(CO)c2)ncc1Br. The highest BCUT2D eigenvalue weighted by Gasteiger charge is 2.04. The Labute approximate surface area is 119 Å². The highest BCUT2D eigenvalue weighted by atomic mass is 79.9. The fraction of sp³-hybridized carbons (Fsp3) is 0.231. The van der Waals surface area contributed by atoms with Crippen molar-refractivity contribution in [1.29, 1.82) is 0 Å². The van der Waals surface area contributed by atoms with Gasteiger partial charge in [0.25, 0.3) is 0 Å². The van der Waals surface area contributed by atoms with E-state index in [1.807, 2.05) is 24.3 Å². The number of methoxy groups -OCH3 is 1. The van der Waals surface area contributed by atoms with Crippen LogP contribution in [0.2, 0.25) is 0 Å². The molecule has 0 atom stereocenters. The highest BCUT2D eigenvalue weighted by Crippen LogP contribution is 2.22. The molecule has 0 aliphatic carbocycles. The molecule has 0 radical (unpaired) electrons. The third-order valence-corrected chi connectivity index (χ3v) is 3.07. The lowest BCUT2D eigenvalue weighted by atomic mass is 10.1. The van der Waals surface area contributed by atoms with Crippen molar-refractivity contribution in [3.05, 3.63) is 46.1 Å². The lowest BCUT2D eigenvalue weighted by molar-refractivity contribution is 0.281. The Morgan fingerprint density at radius 2 is 2.16 bits per heavy atom. The fourth-order valence-electron chi connectivity index (χ4n) is 1.60. The number of aliphatic hydroxyl groups excluding tert-OH is 1. The summed E-state index contributed by atoms with van der Waals surface area (Å²) < 4.78 is 5.81. The topological polar surface area (TPSA) is 67.3 Å². The summed E-state index contributed by atoms with van der Waals surface area (Å²) in [7, 11) is 1.56. The number of anilines is 1. The van der Waals surface area contributed by atoms with E-state index in [2.05, 4.69) is 31.2 Å². The van der Waals surface area contributed by atoms with E-state index in [9.17, 15) is 0 Å². The quantitative estimate of drug-likeness (QED) is 0.884. The zero-order chi connectivity index (χ0) is 13.7. The van der Waals surface area contributed by atoms with Gasteiger partial charge in [-0.1, -0.05) is 24.3 Å². The molecule has 0 aliphatic rings. The van der Waals surface area contributed by atoms with E-state index in [0.717, 1.165) is 11.1 Å². The number of rotatable bonds is 5. The van der Waals surface area contributed by atoms with Crippen LogP contribution in [-0.4, -0.2) is 22.2 Å². The standard InChI is InChI=1S/C13H14BrN3O2/c1-19-12-11(14)7-16-13(17-12)15-6-9-3-2-4-10(5-9)8-18/h2-5,7,18H,6,8H2,1H3,(H,15,16,17). The predicted octanol–water partition coefficient (Wildman–Crippen LogP) is 2.35. The number of aromatic nitrogens is 2. The van der Waals surface area contributed by atoms with Gasteiger partial charge in [0, 0.05) is 6.54 Å². The van der Waals surface area contributed by atoms with Crippen LogP contribution in [0.5, 0.6) is 5.88 Å². The van der Waals surface area contributed by atoms with Crippen molar-refractivity contribution >= 4 is 21.9 Å². The van der Waals surface area contributed by atoms with E-state index >= 15 is 0 Å². The van der Waals surface area contributed by atoms with Gasteiger partial charge < -0.3 is 15.2 Å². The molecule has 0 saturated heterocycles. The summed E-state index contributed by atoms with van der Waals surface area (Å²) in [5, 5.41) is 12.2. The second-order valence-corrected chi connectivity index (χ2v) is 4.74. The number of nitrogens with zero attached hydrogens (tertiary/aromatic N) is 2. The number of aliphatic hydroxyl groups is 1. The molecule has 0 aliphatic heterocycles. The summed E-state index contributed by atoms with van der Waals surface area (Å²) in [6.45, 7) is 0.620. The normalized spacial score (nSPS) is 10.3. The van der Waals surface area contributed by atoms with Crippen molar-refractivity contribution in [2.45, 2.75) is 13.2 Å². The van der Waals surface area contributed by atoms with Gasteiger partial charge in [0.05, 0.1) is 24.4 Å². The monoisotopic (exact) mass is 323 g/mol. The van der Waals surface area contributed by atoms with E-state index in [0.29, 0.717) is 22.8 Å². The first-order valence-corrected chi connectivity index (χ1v) is 6.51. The van der Waals surface area contributed by atoms with Crippen LogP contribution in [0.15, 0.2) is 34.9 Å². The van der Waals surface area contributed by atoms with E-state index < -0.39 is 0 Å². The highest BCUT2D eigenvalue weighted by molar-refractivity contribution is 9.10. The third kappa shape index (κ3) is 3.65. The number of ether oxygens (including phenoxy) is 1. The Balaban J connectivity index is 2.05. The van der Waals surface area contributed by atoms with Gasteiger partial charge in [0.15, 0.2) is 0 Å². The summed E-state index contributed by atoms with van der Waals surface area (Å²) in [5.74, 6) is 0.982. The number of nitrogens with one attached hydrogen (secondary N) is 1. The van der Waals surface area contributed by atoms with Crippen LogP contribution in [0, 0.1) is 0 Å². The number of hydrogen-bond acceptors (Lipinski definition) is 5. The summed E-state index contributed by atoms with van der Waals surface area (Å²) >= 11 is 3.30. The van der Waals surface area contributed by atoms with Crippen LogP contribution >= 0.6 is 15.9 Å². The van der Waals surface area contributed by atoms with Crippen LogP contribution in [-0.2, 0) is 13.2 Å². The minimum Gasteiger partial charge on any atom is -0.480 e. The second-order valence-electron chi connectivity index (χ2n) is 3.88. The van der Waals surface area contributed by atoms with Gasteiger partial charge in [-0.3, -0.25) is 0 Å². The van der Waals surface area contributed by atoms with Crippen molar-refractivity contribution in [3.63, 3.8) is 0 Å². The molecule has 0 fully saturated rings. The maximum atomic E-state index is 9.08. The predicted molar refractivity (Wildman–Crippen MR) is 76.0 cm³/mol. The second kappa shape index (κ2) is 6.49. The summed E-state index contributed by atoms with van der Waals surface area (Å²) in [6.07, 6.45) is 1.64. The van der Waals surface area contributed by atoms with E-state index in [4.69, 9.17) is 9.84 Å². The Morgan fingerprint density at radius 3 is 2.89 bits per heavy atom. The van der Waals surface area contributed by atoms with E-state index in [1.165, 1.54) is 0 Å². The van der Waals surface area contributed by atoms with Crippen LogP contribution < -0.4 is 10.1 Å². The molecule has 1 aromatic heterocycles. The Morgan fingerprint density at radius 1 is 1.37 bits per heavy atom. The van der Waals surface area contributed by atoms with Gasteiger partial charge in [0.2, 0.25) is 11.8 Å². The molecule has 2 N–H and O–H groups in total. The van der Waals surface area contributed by atoms with Gasteiger partial charge in [-0.25, -0.2) is 4.98 Å². The minimum atomic E-state index is 0.0381. The smallest absolute Gasteiger partial charge is 0.232 e. The lowest BCUT2D eigenvalue weighted by Crippen LogP contribution is -2.05. The third-order valence-electron chi connectivity index (χ3n) is 2.53. The van der Waals surface area contributed by atoms with Gasteiger partial charge in [-0.2, -0.15) is 4.98 Å². The molecule has 100 valence electrons. The van der Waals surface area contributed by atoms with E-state index in [-0.39, 0.29) is 6.61 Å². The van der Waals surface area contributed by atoms with Crippen LogP contribution in [0.1, 0.15) is 11.1 Å². The maximum Gasteiger partial charge on any atom is 0.232 e. The summed E-state index contributed by atoms with van der Waals surface area (Å²) in [4.78, 5) is 8.35. The largest absolute Gasteiger partial charge is 0.480 e. The van der Waals surface area contributed by atoms with Crippen molar-refractivity contribution < 1.29 is 9.84 Å². The lowest BCUT2D eigenvalue weighted by Gasteiger charge is -2.08. The molecule has 2 rings (SSSR count). The first-order chi connectivity index (χ1) is 9.22. The molecule has 1 heterocycles. The first kappa shape index (κ1) is 13.8. The molecule has 0 unspecified atom stereocenters. The average molecular weight is 324 g/mol. The van der Waals surface area contributed by atoms with Crippen molar-refractivity contribution in [2.24, 2.45) is 0 Å². The summed E-state index contributed by atoms with van der Waals surface area (Å²) in [6, 6.07) is 7.69. The number of hydrogen-bond donors (Lipinski definition) is 2. The number of halogens is 1. The molecule has 0 spiro atoms.